The molecule has 0 spiro atoms. The van der Waals surface area contributed by atoms with E-state index in [4.69, 9.17) is 0 Å². The Balaban J connectivity index is 0.000000672. The molecule has 1 aromatic carbocycles. The Labute approximate surface area is 202 Å². The minimum Gasteiger partial charge on any atom is -0.316 e. The van der Waals surface area contributed by atoms with Gasteiger partial charge in [0, 0.05) is 54.2 Å². The van der Waals surface area contributed by atoms with E-state index in [0.717, 1.165) is 39.3 Å². The summed E-state index contributed by atoms with van der Waals surface area (Å²) in [6.07, 6.45) is -1.98. The van der Waals surface area contributed by atoms with Crippen molar-refractivity contribution in [2.24, 2.45) is 5.92 Å². The zero-order valence-electron chi connectivity index (χ0n) is 20.4. The number of benzene rings is 1. The number of H-pyrrole nitrogens is 1. The second kappa shape index (κ2) is 9.85. The van der Waals surface area contributed by atoms with Crippen LogP contribution in [0.25, 0.3) is 22.2 Å². The Bertz CT molecular complexity index is 1200. The van der Waals surface area contributed by atoms with E-state index in [-0.39, 0.29) is 18.6 Å². The van der Waals surface area contributed by atoms with Gasteiger partial charge in [-0.25, -0.2) is 4.79 Å². The number of hydrogen-bond donors (Lipinski definition) is 2. The van der Waals surface area contributed by atoms with Crippen LogP contribution >= 0.6 is 0 Å². The monoisotopic (exact) mass is 488 g/mol. The maximum absolute atomic E-state index is 12.7. The van der Waals surface area contributed by atoms with Gasteiger partial charge in [0.25, 0.3) is 0 Å². The number of carbonyl (C=O) groups is 1. The van der Waals surface area contributed by atoms with E-state index in [0.29, 0.717) is 25.2 Å². The van der Waals surface area contributed by atoms with Gasteiger partial charge in [-0.3, -0.25) is 15.0 Å². The van der Waals surface area contributed by atoms with Crippen molar-refractivity contribution in [1.29, 1.82) is 0 Å². The van der Waals surface area contributed by atoms with Gasteiger partial charge in [-0.15, -0.1) is 0 Å². The molecule has 35 heavy (non-hydrogen) atoms. The minimum atomic E-state index is -4.24. The van der Waals surface area contributed by atoms with Crippen LogP contribution < -0.4 is 5.32 Å². The van der Waals surface area contributed by atoms with Crippen LogP contribution in [0.4, 0.5) is 23.7 Å². The maximum atomic E-state index is 12.7. The molecule has 2 amide bonds. The molecule has 2 aliphatic heterocycles. The van der Waals surface area contributed by atoms with Crippen LogP contribution in [0, 0.1) is 12.8 Å². The van der Waals surface area contributed by atoms with E-state index in [1.807, 2.05) is 31.2 Å². The number of nitrogens with one attached hydrogen (secondary N) is 2. The Morgan fingerprint density at radius 1 is 1.20 bits per heavy atom. The number of alkyl halides is 3. The predicted molar refractivity (Wildman–Crippen MR) is 130 cm³/mol. The lowest BCUT2D eigenvalue weighted by Crippen LogP contribution is -2.46. The van der Waals surface area contributed by atoms with Gasteiger partial charge in [0.1, 0.15) is 5.69 Å². The summed E-state index contributed by atoms with van der Waals surface area (Å²) in [5.74, 6) is 0.833. The molecule has 4 heterocycles. The van der Waals surface area contributed by atoms with E-state index in [2.05, 4.69) is 41.3 Å². The number of urea groups is 1. The zero-order valence-corrected chi connectivity index (χ0v) is 20.4. The SMILES string of the molecule is CC(C)C.Cc1cc(-c2n[nH]c3cc4c(cc23)CN(C2CCN(CC(F)(F)F)C2)C(=O)N4)ccn1. The highest BCUT2D eigenvalue weighted by molar-refractivity contribution is 6.00. The first-order valence-electron chi connectivity index (χ1n) is 11.8. The summed E-state index contributed by atoms with van der Waals surface area (Å²) in [6.45, 7) is 8.36. The fraction of sp³-hybridized carbons (Fsp3) is 0.480. The van der Waals surface area contributed by atoms with Crippen LogP contribution in [0.3, 0.4) is 0 Å². The fourth-order valence-corrected chi connectivity index (χ4v) is 4.47. The number of carbonyl (C=O) groups excluding carboxylic acids is 1. The molecular weight excluding hydrogens is 457 g/mol. The molecule has 0 bridgehead atoms. The average Bonchev–Trinajstić information content (AvgIpc) is 3.36. The number of hydrogen-bond acceptors (Lipinski definition) is 4. The van der Waals surface area contributed by atoms with Crippen LogP contribution in [0.5, 0.6) is 0 Å². The highest BCUT2D eigenvalue weighted by Gasteiger charge is 2.38. The molecule has 3 aromatic rings. The molecule has 0 saturated carbocycles. The largest absolute Gasteiger partial charge is 0.401 e. The van der Waals surface area contributed by atoms with Crippen molar-refractivity contribution in [3.8, 4) is 11.3 Å². The van der Waals surface area contributed by atoms with Crippen molar-refractivity contribution in [3.05, 3.63) is 41.7 Å². The standard InChI is InChI=1S/C21H21F3N6O.C4H10/c1-12-6-13(2-4-25-12)19-16-7-14-9-30(15-3-5-29(10-15)11-21(22,23)24)20(31)26-17(14)8-18(16)27-28-19;1-4(2)3/h2,4,6-8,15H,3,5,9-11H2,1H3,(H,26,31)(H,27,28);4H,1-3H3. The lowest BCUT2D eigenvalue weighted by molar-refractivity contribution is -0.143. The number of amides is 2. The normalized spacial score (nSPS) is 18.5. The number of likely N-dealkylation sites (tertiary alicyclic amines) is 1. The van der Waals surface area contributed by atoms with Gasteiger partial charge in [0.05, 0.1) is 12.1 Å². The summed E-state index contributed by atoms with van der Waals surface area (Å²) in [4.78, 5) is 19.9. The molecule has 1 unspecified atom stereocenters. The molecule has 1 fully saturated rings. The molecule has 7 nitrogen and oxygen atoms in total. The van der Waals surface area contributed by atoms with Crippen LogP contribution in [-0.4, -0.2) is 62.9 Å². The molecule has 5 rings (SSSR count). The fourth-order valence-electron chi connectivity index (χ4n) is 4.47. The van der Waals surface area contributed by atoms with E-state index in [1.54, 1.807) is 11.1 Å². The Morgan fingerprint density at radius 3 is 2.63 bits per heavy atom. The number of pyridine rings is 1. The Hall–Kier alpha value is -3.14. The third-order valence-corrected chi connectivity index (χ3v) is 5.89. The molecule has 1 saturated heterocycles. The van der Waals surface area contributed by atoms with Gasteiger partial charge in [0.15, 0.2) is 0 Å². The van der Waals surface area contributed by atoms with Crippen molar-refractivity contribution in [2.75, 3.05) is 25.0 Å². The first kappa shape index (κ1) is 25.0. The predicted octanol–water partition coefficient (Wildman–Crippen LogP) is 5.58. The molecule has 10 heteroatoms. The number of anilines is 1. The van der Waals surface area contributed by atoms with Crippen molar-refractivity contribution < 1.29 is 18.0 Å². The third-order valence-electron chi connectivity index (χ3n) is 5.89. The van der Waals surface area contributed by atoms with Gasteiger partial charge >= 0.3 is 12.2 Å². The Kier molecular flexibility index (Phi) is 7.02. The van der Waals surface area contributed by atoms with Crippen LogP contribution in [-0.2, 0) is 6.54 Å². The van der Waals surface area contributed by atoms with Crippen LogP contribution in [0.1, 0.15) is 38.4 Å². The molecule has 2 aromatic heterocycles. The summed E-state index contributed by atoms with van der Waals surface area (Å²) in [7, 11) is 0. The lowest BCUT2D eigenvalue weighted by Gasteiger charge is -2.34. The lowest BCUT2D eigenvalue weighted by atomic mass is 10.0. The van der Waals surface area contributed by atoms with Crippen LogP contribution in [0.2, 0.25) is 0 Å². The van der Waals surface area contributed by atoms with E-state index >= 15 is 0 Å². The van der Waals surface area contributed by atoms with E-state index in [1.165, 1.54) is 4.90 Å². The average molecular weight is 489 g/mol. The number of aromatic nitrogens is 3. The smallest absolute Gasteiger partial charge is 0.316 e. The summed E-state index contributed by atoms with van der Waals surface area (Å²) >= 11 is 0. The summed E-state index contributed by atoms with van der Waals surface area (Å²) in [6, 6.07) is 7.16. The molecule has 0 radical (unpaired) electrons. The molecule has 1 atom stereocenters. The zero-order chi connectivity index (χ0) is 25.3. The van der Waals surface area contributed by atoms with Crippen molar-refractivity contribution >= 4 is 22.6 Å². The first-order chi connectivity index (χ1) is 16.5. The quantitative estimate of drug-likeness (QED) is 0.505. The third kappa shape index (κ3) is 5.93. The topological polar surface area (TPSA) is 77.2 Å². The number of fused-ring (bicyclic) bond motifs is 2. The number of rotatable bonds is 3. The maximum Gasteiger partial charge on any atom is 0.401 e. The van der Waals surface area contributed by atoms with Gasteiger partial charge in [0.2, 0.25) is 0 Å². The highest BCUT2D eigenvalue weighted by atomic mass is 19.4. The van der Waals surface area contributed by atoms with E-state index in [9.17, 15) is 18.0 Å². The van der Waals surface area contributed by atoms with Crippen molar-refractivity contribution in [2.45, 2.75) is 52.9 Å². The van der Waals surface area contributed by atoms with Gasteiger partial charge in [-0.1, -0.05) is 20.8 Å². The second-order valence-corrected chi connectivity index (χ2v) is 9.90. The molecule has 188 valence electrons. The van der Waals surface area contributed by atoms with Gasteiger partial charge in [-0.05, 0) is 49.1 Å². The second-order valence-electron chi connectivity index (χ2n) is 9.90. The number of nitrogens with zero attached hydrogens (tertiary/aromatic N) is 4. The molecule has 2 N–H and O–H groups in total. The van der Waals surface area contributed by atoms with E-state index < -0.39 is 12.7 Å². The van der Waals surface area contributed by atoms with Crippen molar-refractivity contribution in [1.82, 2.24) is 25.0 Å². The van der Waals surface area contributed by atoms with Gasteiger partial charge in [-0.2, -0.15) is 18.3 Å². The Morgan fingerprint density at radius 2 is 1.94 bits per heavy atom. The molecular formula is C25H31F3N6O. The van der Waals surface area contributed by atoms with Crippen molar-refractivity contribution in [3.63, 3.8) is 0 Å². The first-order valence-corrected chi connectivity index (χ1v) is 11.8. The van der Waals surface area contributed by atoms with Crippen LogP contribution in [0.15, 0.2) is 30.5 Å². The highest BCUT2D eigenvalue weighted by Crippen LogP contribution is 2.34. The van der Waals surface area contributed by atoms with Gasteiger partial charge < -0.3 is 10.2 Å². The molecule has 0 aliphatic carbocycles. The minimum absolute atomic E-state index is 0.220. The molecule has 2 aliphatic rings. The summed E-state index contributed by atoms with van der Waals surface area (Å²) in [5.41, 5.74) is 5.02. The summed E-state index contributed by atoms with van der Waals surface area (Å²) in [5, 5.41) is 11.3. The number of halogens is 3. The number of aromatic amines is 1. The summed E-state index contributed by atoms with van der Waals surface area (Å²) < 4.78 is 38.2. The number of aryl methyl sites for hydroxylation is 1.